The zero-order valence-corrected chi connectivity index (χ0v) is 13.2. The molecule has 5 heteroatoms. The maximum absolute atomic E-state index is 4.30. The molecule has 1 aromatic carbocycles. The number of fused-ring (bicyclic) bond motifs is 1. The van der Waals surface area contributed by atoms with Gasteiger partial charge in [0.15, 0.2) is 5.82 Å². The average Bonchev–Trinajstić information content (AvgIpc) is 2.85. The van der Waals surface area contributed by atoms with Gasteiger partial charge < -0.3 is 5.32 Å². The Balaban J connectivity index is 1.51. The van der Waals surface area contributed by atoms with E-state index in [2.05, 4.69) is 49.5 Å². The highest BCUT2D eigenvalue weighted by Gasteiger charge is 2.18. The van der Waals surface area contributed by atoms with Gasteiger partial charge in [-0.2, -0.15) is 5.10 Å². The fraction of sp³-hybridized carbons (Fsp3) is 0.467. The van der Waals surface area contributed by atoms with E-state index < -0.39 is 0 Å². The lowest BCUT2D eigenvalue weighted by Gasteiger charge is -2.25. The van der Waals surface area contributed by atoms with E-state index >= 15 is 0 Å². The predicted molar refractivity (Wildman–Crippen MR) is 82.7 cm³/mol. The summed E-state index contributed by atoms with van der Waals surface area (Å²) < 4.78 is 2.94. The Labute approximate surface area is 127 Å². The second kappa shape index (κ2) is 6.06. The third-order valence-electron chi connectivity index (χ3n) is 3.83. The molecule has 1 atom stereocenters. The summed E-state index contributed by atoms with van der Waals surface area (Å²) in [4.78, 5) is 4.25. The fourth-order valence-corrected chi connectivity index (χ4v) is 3.19. The van der Waals surface area contributed by atoms with Crippen molar-refractivity contribution < 1.29 is 0 Å². The number of benzene rings is 1. The van der Waals surface area contributed by atoms with Crippen molar-refractivity contribution in [3.05, 3.63) is 46.0 Å². The molecule has 3 rings (SSSR count). The Morgan fingerprint density at radius 2 is 2.30 bits per heavy atom. The molecule has 1 unspecified atom stereocenters. The molecule has 0 spiro atoms. The standard InChI is InChI=1S/C15H19BrN4/c1-20-10-18-15(19-20)6-7-17-14-5-3-11-8-13(16)4-2-12(11)9-14/h2,4,8,10,14,17H,3,5-7,9H2,1H3. The monoisotopic (exact) mass is 334 g/mol. The van der Waals surface area contributed by atoms with Gasteiger partial charge in [0.1, 0.15) is 6.33 Å². The number of hydrogen-bond donors (Lipinski definition) is 1. The SMILES string of the molecule is Cn1cnc(CCNC2CCc3cc(Br)ccc3C2)n1. The minimum absolute atomic E-state index is 0.576. The number of aromatic nitrogens is 3. The van der Waals surface area contributed by atoms with Gasteiger partial charge in [0.2, 0.25) is 0 Å². The molecule has 0 fully saturated rings. The predicted octanol–water partition coefficient (Wildman–Crippen LogP) is 2.27. The van der Waals surface area contributed by atoms with E-state index in [1.807, 2.05) is 7.05 Å². The summed E-state index contributed by atoms with van der Waals surface area (Å²) in [5.74, 6) is 0.917. The summed E-state index contributed by atoms with van der Waals surface area (Å²) in [6.07, 6.45) is 6.14. The first-order valence-electron chi connectivity index (χ1n) is 7.06. The number of aryl methyl sites for hydroxylation is 2. The van der Waals surface area contributed by atoms with Crippen LogP contribution in [0.4, 0.5) is 0 Å². The molecule has 20 heavy (non-hydrogen) atoms. The van der Waals surface area contributed by atoms with E-state index in [4.69, 9.17) is 0 Å². The molecule has 1 N–H and O–H groups in total. The van der Waals surface area contributed by atoms with Crippen LogP contribution in [-0.4, -0.2) is 27.4 Å². The fourth-order valence-electron chi connectivity index (χ4n) is 2.78. The number of hydrogen-bond acceptors (Lipinski definition) is 3. The van der Waals surface area contributed by atoms with Crippen LogP contribution in [0.3, 0.4) is 0 Å². The van der Waals surface area contributed by atoms with Crippen molar-refractivity contribution in [2.45, 2.75) is 31.7 Å². The van der Waals surface area contributed by atoms with Crippen molar-refractivity contribution in [1.82, 2.24) is 20.1 Å². The molecule has 1 heterocycles. The van der Waals surface area contributed by atoms with E-state index in [9.17, 15) is 0 Å². The quantitative estimate of drug-likeness (QED) is 0.932. The summed E-state index contributed by atoms with van der Waals surface area (Å²) in [6.45, 7) is 0.945. The molecule has 0 radical (unpaired) electrons. The van der Waals surface area contributed by atoms with Gasteiger partial charge in [-0.15, -0.1) is 0 Å². The lowest BCUT2D eigenvalue weighted by Crippen LogP contribution is -2.35. The topological polar surface area (TPSA) is 42.7 Å². The average molecular weight is 335 g/mol. The first-order chi connectivity index (χ1) is 9.70. The molecule has 106 valence electrons. The van der Waals surface area contributed by atoms with Gasteiger partial charge in [-0.1, -0.05) is 22.0 Å². The van der Waals surface area contributed by atoms with Gasteiger partial charge in [0.05, 0.1) is 0 Å². The molecular formula is C15H19BrN4. The van der Waals surface area contributed by atoms with Crippen LogP contribution >= 0.6 is 15.9 Å². The highest BCUT2D eigenvalue weighted by Crippen LogP contribution is 2.24. The molecule has 0 saturated heterocycles. The van der Waals surface area contributed by atoms with Gasteiger partial charge in [-0.25, -0.2) is 4.98 Å². The van der Waals surface area contributed by atoms with Crippen LogP contribution in [0.25, 0.3) is 0 Å². The van der Waals surface area contributed by atoms with E-state index in [1.54, 1.807) is 11.0 Å². The van der Waals surface area contributed by atoms with E-state index in [0.29, 0.717) is 6.04 Å². The maximum Gasteiger partial charge on any atom is 0.151 e. The van der Waals surface area contributed by atoms with Crippen LogP contribution < -0.4 is 5.32 Å². The zero-order chi connectivity index (χ0) is 13.9. The summed E-state index contributed by atoms with van der Waals surface area (Å²) >= 11 is 3.54. The van der Waals surface area contributed by atoms with Gasteiger partial charge in [0.25, 0.3) is 0 Å². The Hall–Kier alpha value is -1.20. The smallest absolute Gasteiger partial charge is 0.151 e. The van der Waals surface area contributed by atoms with Gasteiger partial charge in [-0.3, -0.25) is 4.68 Å². The van der Waals surface area contributed by atoms with Crippen molar-refractivity contribution in [2.24, 2.45) is 7.05 Å². The third kappa shape index (κ3) is 3.27. The second-order valence-corrected chi connectivity index (χ2v) is 6.31. The Morgan fingerprint density at radius 3 is 3.10 bits per heavy atom. The first-order valence-corrected chi connectivity index (χ1v) is 7.85. The molecule has 0 amide bonds. The number of rotatable bonds is 4. The van der Waals surface area contributed by atoms with Crippen LogP contribution in [-0.2, 0) is 26.3 Å². The number of nitrogens with one attached hydrogen (secondary N) is 1. The van der Waals surface area contributed by atoms with E-state index in [1.165, 1.54) is 22.0 Å². The summed E-state index contributed by atoms with van der Waals surface area (Å²) in [5, 5.41) is 7.93. The molecule has 1 aromatic heterocycles. The highest BCUT2D eigenvalue weighted by molar-refractivity contribution is 9.10. The van der Waals surface area contributed by atoms with Gasteiger partial charge in [0, 0.05) is 30.5 Å². The molecule has 1 aliphatic carbocycles. The summed E-state index contributed by atoms with van der Waals surface area (Å²) in [7, 11) is 1.90. The van der Waals surface area contributed by atoms with E-state index in [0.717, 1.165) is 31.6 Å². The van der Waals surface area contributed by atoms with Crippen molar-refractivity contribution >= 4 is 15.9 Å². The zero-order valence-electron chi connectivity index (χ0n) is 11.6. The molecule has 1 aliphatic rings. The third-order valence-corrected chi connectivity index (χ3v) is 4.32. The van der Waals surface area contributed by atoms with Crippen molar-refractivity contribution in [3.8, 4) is 0 Å². The molecule has 0 bridgehead atoms. The Bertz CT molecular complexity index is 593. The van der Waals surface area contributed by atoms with Crippen LogP contribution in [0, 0.1) is 0 Å². The van der Waals surface area contributed by atoms with Gasteiger partial charge >= 0.3 is 0 Å². The Morgan fingerprint density at radius 1 is 1.40 bits per heavy atom. The van der Waals surface area contributed by atoms with Gasteiger partial charge in [-0.05, 0) is 42.5 Å². The summed E-state index contributed by atoms with van der Waals surface area (Å²) in [6, 6.07) is 7.21. The molecule has 2 aromatic rings. The maximum atomic E-state index is 4.30. The molecular weight excluding hydrogens is 316 g/mol. The molecule has 4 nitrogen and oxygen atoms in total. The van der Waals surface area contributed by atoms with Crippen LogP contribution in [0.2, 0.25) is 0 Å². The van der Waals surface area contributed by atoms with Crippen LogP contribution in [0.1, 0.15) is 23.4 Å². The lowest BCUT2D eigenvalue weighted by atomic mass is 9.88. The summed E-state index contributed by atoms with van der Waals surface area (Å²) in [5.41, 5.74) is 2.97. The van der Waals surface area contributed by atoms with Crippen molar-refractivity contribution in [1.29, 1.82) is 0 Å². The number of halogens is 1. The highest BCUT2D eigenvalue weighted by atomic mass is 79.9. The first kappa shape index (κ1) is 13.8. The minimum Gasteiger partial charge on any atom is -0.313 e. The lowest BCUT2D eigenvalue weighted by molar-refractivity contribution is 0.459. The normalized spacial score (nSPS) is 18.0. The largest absolute Gasteiger partial charge is 0.313 e. The Kier molecular flexibility index (Phi) is 4.17. The molecule has 0 saturated carbocycles. The van der Waals surface area contributed by atoms with E-state index in [-0.39, 0.29) is 0 Å². The second-order valence-electron chi connectivity index (χ2n) is 5.39. The van der Waals surface area contributed by atoms with Crippen molar-refractivity contribution in [3.63, 3.8) is 0 Å². The molecule has 0 aliphatic heterocycles. The van der Waals surface area contributed by atoms with Crippen molar-refractivity contribution in [2.75, 3.05) is 6.54 Å². The minimum atomic E-state index is 0.576. The van der Waals surface area contributed by atoms with Crippen LogP contribution in [0.15, 0.2) is 29.0 Å². The van der Waals surface area contributed by atoms with Crippen LogP contribution in [0.5, 0.6) is 0 Å². The number of nitrogens with zero attached hydrogens (tertiary/aromatic N) is 3.